The zero-order valence-electron chi connectivity index (χ0n) is 23.7. The number of ether oxygens (including phenoxy) is 1. The third kappa shape index (κ3) is 8.71. The first-order valence-electron chi connectivity index (χ1n) is 12.7. The summed E-state index contributed by atoms with van der Waals surface area (Å²) in [5.41, 5.74) is 1.70. The number of carbonyl (C=O) groups excluding carboxylic acids is 3. The molecule has 0 aliphatic heterocycles. The molecule has 2 rings (SSSR count). The zero-order valence-corrected chi connectivity index (χ0v) is 24.5. The second-order valence-electron chi connectivity index (χ2n) is 12.0. The van der Waals surface area contributed by atoms with Gasteiger partial charge in [-0.05, 0) is 97.3 Å². The van der Waals surface area contributed by atoms with E-state index in [0.717, 1.165) is 23.1 Å². The molecule has 3 amide bonds. The van der Waals surface area contributed by atoms with Gasteiger partial charge in [-0.15, -0.1) is 0 Å². The Morgan fingerprint density at radius 2 is 1.75 bits per heavy atom. The van der Waals surface area contributed by atoms with E-state index in [0.29, 0.717) is 12.2 Å². The van der Waals surface area contributed by atoms with E-state index in [1.165, 1.54) is 0 Å². The summed E-state index contributed by atoms with van der Waals surface area (Å²) in [6.45, 7) is 17.2. The number of hydrogen-bond acceptors (Lipinski definition) is 5. The van der Waals surface area contributed by atoms with Gasteiger partial charge in [-0.2, -0.15) is 11.8 Å². The Morgan fingerprint density at radius 1 is 1.14 bits per heavy atom. The predicted octanol–water partition coefficient (Wildman–Crippen LogP) is 5.14. The van der Waals surface area contributed by atoms with Crippen molar-refractivity contribution in [3.8, 4) is 0 Å². The molecule has 4 atom stereocenters. The highest BCUT2D eigenvalue weighted by Gasteiger charge is 2.48. The molecule has 1 aromatic carbocycles. The van der Waals surface area contributed by atoms with Crippen LogP contribution in [-0.4, -0.2) is 58.0 Å². The van der Waals surface area contributed by atoms with Gasteiger partial charge in [0.2, 0.25) is 11.8 Å². The third-order valence-electron chi connectivity index (χ3n) is 6.02. The lowest BCUT2D eigenvalue weighted by molar-refractivity contribution is -0.144. The Kier molecular flexibility index (Phi) is 9.91. The van der Waals surface area contributed by atoms with E-state index in [4.69, 9.17) is 4.74 Å². The maximum atomic E-state index is 14.2. The molecule has 0 heterocycles. The third-order valence-corrected chi connectivity index (χ3v) is 6.67. The number of rotatable bonds is 9. The second kappa shape index (κ2) is 11.9. The maximum absolute atomic E-state index is 14.2. The van der Waals surface area contributed by atoms with Gasteiger partial charge < -0.3 is 20.3 Å². The SMILES string of the molecule is CSCCC(NC(=O)OC(C)(C)C)C(=O)N(C(C(=O)NC(C)(C)C)c1ccc(C)cc1C)C1CC1C. The molecule has 4 unspecified atom stereocenters. The Labute approximate surface area is 221 Å². The number of benzene rings is 1. The number of aryl methyl sites for hydroxylation is 2. The van der Waals surface area contributed by atoms with E-state index in [1.807, 2.05) is 59.1 Å². The van der Waals surface area contributed by atoms with Crippen LogP contribution in [0.4, 0.5) is 4.79 Å². The Hall–Kier alpha value is -2.22. The number of alkyl carbamates (subject to hydrolysis) is 1. The summed E-state index contributed by atoms with van der Waals surface area (Å²) in [5.74, 6) is 0.483. The van der Waals surface area contributed by atoms with Gasteiger partial charge in [0.25, 0.3) is 0 Å². The number of hydrogen-bond donors (Lipinski definition) is 2. The molecule has 1 aliphatic rings. The van der Waals surface area contributed by atoms with Crippen LogP contribution in [-0.2, 0) is 14.3 Å². The summed E-state index contributed by atoms with van der Waals surface area (Å²) in [6, 6.07) is 4.29. The number of carbonyl (C=O) groups is 3. The topological polar surface area (TPSA) is 87.7 Å². The lowest BCUT2D eigenvalue weighted by Gasteiger charge is -2.37. The van der Waals surface area contributed by atoms with Crippen molar-refractivity contribution in [2.24, 2.45) is 5.92 Å². The molecule has 0 saturated heterocycles. The molecule has 0 radical (unpaired) electrons. The van der Waals surface area contributed by atoms with Crippen LogP contribution in [0.5, 0.6) is 0 Å². The van der Waals surface area contributed by atoms with Crippen LogP contribution in [0.2, 0.25) is 0 Å². The van der Waals surface area contributed by atoms with Crippen molar-refractivity contribution in [1.82, 2.24) is 15.5 Å². The molecule has 0 aromatic heterocycles. The van der Waals surface area contributed by atoms with Crippen LogP contribution in [0.3, 0.4) is 0 Å². The normalized spacial score (nSPS) is 19.2. The lowest BCUT2D eigenvalue weighted by Crippen LogP contribution is -2.55. The first-order chi connectivity index (χ1) is 16.5. The minimum absolute atomic E-state index is 0.0777. The standard InChI is InChI=1S/C28H45N3O4S/c1-17-11-12-20(18(2)15-17)23(24(32)30-27(4,5)6)31(22-16-19(22)3)25(33)21(13-14-36-10)29-26(34)35-28(7,8)9/h11-12,15,19,21-23H,13-14,16H2,1-10H3,(H,29,34)(H,30,32). The summed E-state index contributed by atoms with van der Waals surface area (Å²) in [4.78, 5) is 42.4. The molecule has 202 valence electrons. The van der Waals surface area contributed by atoms with Gasteiger partial charge >= 0.3 is 6.09 Å². The second-order valence-corrected chi connectivity index (χ2v) is 13.0. The molecule has 1 saturated carbocycles. The molecule has 1 fully saturated rings. The summed E-state index contributed by atoms with van der Waals surface area (Å²) in [5, 5.41) is 5.90. The van der Waals surface area contributed by atoms with Crippen molar-refractivity contribution in [1.29, 1.82) is 0 Å². The Balaban J connectivity index is 2.54. The Bertz CT molecular complexity index is 951. The molecule has 2 N–H and O–H groups in total. The molecule has 8 heteroatoms. The predicted molar refractivity (Wildman–Crippen MR) is 147 cm³/mol. The smallest absolute Gasteiger partial charge is 0.408 e. The summed E-state index contributed by atoms with van der Waals surface area (Å²) < 4.78 is 5.46. The van der Waals surface area contributed by atoms with Crippen molar-refractivity contribution in [2.45, 2.75) is 104 Å². The first kappa shape index (κ1) is 30.0. The molecule has 0 bridgehead atoms. The average Bonchev–Trinajstić information content (AvgIpc) is 3.42. The summed E-state index contributed by atoms with van der Waals surface area (Å²) in [6.07, 6.45) is 2.59. The summed E-state index contributed by atoms with van der Waals surface area (Å²) >= 11 is 1.60. The van der Waals surface area contributed by atoms with Crippen LogP contribution in [0.25, 0.3) is 0 Å². The van der Waals surface area contributed by atoms with Gasteiger partial charge in [-0.25, -0.2) is 4.79 Å². The number of nitrogens with zero attached hydrogens (tertiary/aromatic N) is 1. The highest BCUT2D eigenvalue weighted by molar-refractivity contribution is 7.98. The largest absolute Gasteiger partial charge is 0.444 e. The molecule has 0 spiro atoms. The fraction of sp³-hybridized carbons (Fsp3) is 0.679. The van der Waals surface area contributed by atoms with Gasteiger partial charge in [0.05, 0.1) is 0 Å². The van der Waals surface area contributed by atoms with E-state index >= 15 is 0 Å². The molecule has 7 nitrogen and oxygen atoms in total. The van der Waals surface area contributed by atoms with E-state index in [9.17, 15) is 14.4 Å². The van der Waals surface area contributed by atoms with Crippen LogP contribution < -0.4 is 10.6 Å². The fourth-order valence-electron chi connectivity index (χ4n) is 4.28. The highest BCUT2D eigenvalue weighted by atomic mass is 32.2. The van der Waals surface area contributed by atoms with Crippen molar-refractivity contribution in [3.63, 3.8) is 0 Å². The van der Waals surface area contributed by atoms with Crippen molar-refractivity contribution >= 4 is 29.7 Å². The first-order valence-corrected chi connectivity index (χ1v) is 14.1. The van der Waals surface area contributed by atoms with Crippen molar-refractivity contribution < 1.29 is 19.1 Å². The van der Waals surface area contributed by atoms with Crippen LogP contribution in [0, 0.1) is 19.8 Å². The van der Waals surface area contributed by atoms with Crippen LogP contribution in [0.15, 0.2) is 18.2 Å². The van der Waals surface area contributed by atoms with E-state index in [1.54, 1.807) is 37.4 Å². The van der Waals surface area contributed by atoms with E-state index in [2.05, 4.69) is 17.6 Å². The number of nitrogens with one attached hydrogen (secondary N) is 2. The van der Waals surface area contributed by atoms with Gasteiger partial charge in [-0.3, -0.25) is 9.59 Å². The number of thioether (sulfide) groups is 1. The van der Waals surface area contributed by atoms with E-state index < -0.39 is 29.3 Å². The molecule has 1 aromatic rings. The molecule has 36 heavy (non-hydrogen) atoms. The quantitative estimate of drug-likeness (QED) is 0.472. The van der Waals surface area contributed by atoms with Gasteiger partial charge in [0, 0.05) is 11.6 Å². The van der Waals surface area contributed by atoms with Crippen LogP contribution in [0.1, 0.15) is 84.0 Å². The zero-order chi connectivity index (χ0) is 27.4. The summed E-state index contributed by atoms with van der Waals surface area (Å²) in [7, 11) is 0. The molecular formula is C28H45N3O4S. The lowest BCUT2D eigenvalue weighted by atomic mass is 9.95. The average molecular weight is 520 g/mol. The number of amides is 3. The van der Waals surface area contributed by atoms with Gasteiger partial charge in [-0.1, -0.05) is 30.7 Å². The van der Waals surface area contributed by atoms with E-state index in [-0.39, 0.29) is 23.8 Å². The van der Waals surface area contributed by atoms with Crippen LogP contribution >= 0.6 is 11.8 Å². The van der Waals surface area contributed by atoms with Gasteiger partial charge in [0.1, 0.15) is 17.7 Å². The minimum atomic E-state index is -0.801. The Morgan fingerprint density at radius 3 is 2.22 bits per heavy atom. The molecular weight excluding hydrogens is 474 g/mol. The highest BCUT2D eigenvalue weighted by Crippen LogP contribution is 2.41. The fourth-order valence-corrected chi connectivity index (χ4v) is 4.75. The van der Waals surface area contributed by atoms with Gasteiger partial charge in [0.15, 0.2) is 0 Å². The minimum Gasteiger partial charge on any atom is -0.444 e. The molecule has 1 aliphatic carbocycles. The van der Waals surface area contributed by atoms with Crippen molar-refractivity contribution in [2.75, 3.05) is 12.0 Å². The monoisotopic (exact) mass is 519 g/mol. The maximum Gasteiger partial charge on any atom is 0.408 e. The van der Waals surface area contributed by atoms with Crippen molar-refractivity contribution in [3.05, 3.63) is 34.9 Å².